The number of nitrogen functional groups attached to an aromatic ring is 1. The summed E-state index contributed by atoms with van der Waals surface area (Å²) in [5.41, 5.74) is 8.73. The summed E-state index contributed by atoms with van der Waals surface area (Å²) in [6.45, 7) is 0.780. The fourth-order valence-corrected chi connectivity index (χ4v) is 2.01. The third-order valence-corrected chi connectivity index (χ3v) is 2.99. The fraction of sp³-hybridized carbons (Fsp3) is 0.0667. The molecule has 0 aliphatic carbocycles. The first-order valence-corrected chi connectivity index (χ1v) is 6.09. The molecule has 0 atom stereocenters. The van der Waals surface area contributed by atoms with Gasteiger partial charge in [0.1, 0.15) is 5.82 Å². The van der Waals surface area contributed by atoms with E-state index in [2.05, 4.69) is 14.5 Å². The number of nitrogens with zero attached hydrogens (tertiary/aromatic N) is 3. The predicted octanol–water partition coefficient (Wildman–Crippen LogP) is 2.58. The number of anilines is 1. The van der Waals surface area contributed by atoms with Crippen LogP contribution in [0.2, 0.25) is 0 Å². The molecule has 1 aromatic carbocycles. The smallest absolute Gasteiger partial charge is 0.140 e. The largest absolute Gasteiger partial charge is 0.399 e. The van der Waals surface area contributed by atoms with Crippen LogP contribution < -0.4 is 5.73 Å². The number of imidazole rings is 1. The zero-order valence-corrected chi connectivity index (χ0v) is 10.4. The van der Waals surface area contributed by atoms with Crippen molar-refractivity contribution in [1.29, 1.82) is 0 Å². The number of hydrogen-bond donors (Lipinski definition) is 1. The first-order chi connectivity index (χ1) is 9.33. The third kappa shape index (κ3) is 2.47. The number of aromatic nitrogens is 3. The van der Waals surface area contributed by atoms with Crippen molar-refractivity contribution in [1.82, 2.24) is 14.5 Å². The number of hydrogen-bond acceptors (Lipinski definition) is 3. The van der Waals surface area contributed by atoms with Crippen LogP contribution in [0.3, 0.4) is 0 Å². The molecular weight excluding hydrogens is 236 g/mol. The van der Waals surface area contributed by atoms with E-state index < -0.39 is 0 Å². The highest BCUT2D eigenvalue weighted by atomic mass is 15.1. The molecule has 2 heterocycles. The number of rotatable bonds is 3. The van der Waals surface area contributed by atoms with E-state index >= 15 is 0 Å². The normalized spacial score (nSPS) is 10.5. The average molecular weight is 250 g/mol. The maximum atomic E-state index is 5.71. The number of pyridine rings is 1. The highest BCUT2D eigenvalue weighted by Gasteiger charge is 2.06. The molecule has 0 radical (unpaired) electrons. The van der Waals surface area contributed by atoms with Gasteiger partial charge in [0.25, 0.3) is 0 Å². The minimum Gasteiger partial charge on any atom is -0.399 e. The van der Waals surface area contributed by atoms with Crippen molar-refractivity contribution in [2.75, 3.05) is 5.73 Å². The van der Waals surface area contributed by atoms with Gasteiger partial charge in [-0.1, -0.05) is 0 Å². The highest BCUT2D eigenvalue weighted by molar-refractivity contribution is 5.59. The van der Waals surface area contributed by atoms with Crippen molar-refractivity contribution in [2.24, 2.45) is 0 Å². The van der Waals surface area contributed by atoms with Crippen molar-refractivity contribution in [3.05, 3.63) is 66.7 Å². The Bertz CT molecular complexity index is 656. The third-order valence-electron chi connectivity index (χ3n) is 2.99. The molecule has 0 aliphatic rings. The zero-order valence-electron chi connectivity index (χ0n) is 10.4. The van der Waals surface area contributed by atoms with Gasteiger partial charge in [-0.3, -0.25) is 4.98 Å². The fourth-order valence-electron chi connectivity index (χ4n) is 2.01. The van der Waals surface area contributed by atoms with Gasteiger partial charge in [-0.15, -0.1) is 0 Å². The molecule has 4 nitrogen and oxygen atoms in total. The summed E-state index contributed by atoms with van der Waals surface area (Å²) >= 11 is 0. The zero-order chi connectivity index (χ0) is 13.1. The summed E-state index contributed by atoms with van der Waals surface area (Å²) in [6.07, 6.45) is 7.39. The van der Waals surface area contributed by atoms with Gasteiger partial charge in [0.2, 0.25) is 0 Å². The van der Waals surface area contributed by atoms with E-state index in [0.29, 0.717) is 0 Å². The second kappa shape index (κ2) is 4.94. The van der Waals surface area contributed by atoms with E-state index in [4.69, 9.17) is 5.73 Å². The summed E-state index contributed by atoms with van der Waals surface area (Å²) < 4.78 is 2.11. The molecule has 0 unspecified atom stereocenters. The van der Waals surface area contributed by atoms with E-state index in [0.717, 1.165) is 23.6 Å². The lowest BCUT2D eigenvalue weighted by molar-refractivity contribution is 0.805. The van der Waals surface area contributed by atoms with Gasteiger partial charge in [-0.25, -0.2) is 4.98 Å². The van der Waals surface area contributed by atoms with Crippen molar-refractivity contribution in [3.63, 3.8) is 0 Å². The van der Waals surface area contributed by atoms with Gasteiger partial charge in [-0.05, 0) is 42.0 Å². The Morgan fingerprint density at radius 3 is 2.42 bits per heavy atom. The summed E-state index contributed by atoms with van der Waals surface area (Å²) in [5, 5.41) is 0. The van der Waals surface area contributed by atoms with E-state index in [1.165, 1.54) is 5.56 Å². The average Bonchev–Trinajstić information content (AvgIpc) is 2.89. The molecule has 0 aliphatic heterocycles. The van der Waals surface area contributed by atoms with Crippen LogP contribution in [0.4, 0.5) is 5.69 Å². The number of benzene rings is 1. The van der Waals surface area contributed by atoms with Crippen LogP contribution >= 0.6 is 0 Å². The van der Waals surface area contributed by atoms with Gasteiger partial charge in [0.15, 0.2) is 0 Å². The Kier molecular flexibility index (Phi) is 2.98. The Morgan fingerprint density at radius 2 is 1.68 bits per heavy atom. The van der Waals surface area contributed by atoms with E-state index in [9.17, 15) is 0 Å². The predicted molar refractivity (Wildman–Crippen MR) is 75.4 cm³/mol. The van der Waals surface area contributed by atoms with Crippen LogP contribution in [-0.4, -0.2) is 14.5 Å². The van der Waals surface area contributed by atoms with Gasteiger partial charge >= 0.3 is 0 Å². The summed E-state index contributed by atoms with van der Waals surface area (Å²) in [4.78, 5) is 8.44. The minimum absolute atomic E-state index is 0.760. The maximum absolute atomic E-state index is 5.71. The maximum Gasteiger partial charge on any atom is 0.140 e. The summed E-state index contributed by atoms with van der Waals surface area (Å²) in [7, 11) is 0. The monoisotopic (exact) mass is 250 g/mol. The van der Waals surface area contributed by atoms with E-state index in [-0.39, 0.29) is 0 Å². The summed E-state index contributed by atoms with van der Waals surface area (Å²) in [6, 6.07) is 11.8. The Balaban J connectivity index is 1.92. The molecule has 3 aromatic rings. The molecule has 0 bridgehead atoms. The standard InChI is InChI=1S/C15H14N4/c16-14-3-1-13(2-4-14)15-18-9-10-19(15)11-12-5-7-17-8-6-12/h1-10H,11,16H2. The SMILES string of the molecule is Nc1ccc(-c2nccn2Cc2ccncc2)cc1. The van der Waals surface area contributed by atoms with Crippen LogP contribution in [-0.2, 0) is 6.54 Å². The lowest BCUT2D eigenvalue weighted by atomic mass is 10.2. The Hall–Kier alpha value is -2.62. The molecule has 0 saturated heterocycles. The summed E-state index contributed by atoms with van der Waals surface area (Å²) in [5.74, 6) is 0.941. The highest BCUT2D eigenvalue weighted by Crippen LogP contribution is 2.19. The molecule has 0 spiro atoms. The Morgan fingerprint density at radius 1 is 0.947 bits per heavy atom. The molecule has 4 heteroatoms. The van der Waals surface area contributed by atoms with E-state index in [1.807, 2.05) is 48.8 Å². The van der Waals surface area contributed by atoms with Crippen molar-refractivity contribution in [3.8, 4) is 11.4 Å². The van der Waals surface area contributed by atoms with Crippen LogP contribution in [0.15, 0.2) is 61.2 Å². The lowest BCUT2D eigenvalue weighted by Gasteiger charge is -2.08. The van der Waals surface area contributed by atoms with E-state index in [1.54, 1.807) is 12.4 Å². The molecule has 0 saturated carbocycles. The van der Waals surface area contributed by atoms with Crippen LogP contribution in [0.5, 0.6) is 0 Å². The molecule has 2 N–H and O–H groups in total. The second-order valence-corrected chi connectivity index (χ2v) is 4.36. The molecule has 3 rings (SSSR count). The van der Waals surface area contributed by atoms with Crippen molar-refractivity contribution < 1.29 is 0 Å². The van der Waals surface area contributed by atoms with Gasteiger partial charge in [0.05, 0.1) is 0 Å². The Labute approximate surface area is 111 Å². The molecule has 2 aromatic heterocycles. The van der Waals surface area contributed by atoms with Gasteiger partial charge < -0.3 is 10.3 Å². The number of nitrogens with two attached hydrogens (primary N) is 1. The first kappa shape index (κ1) is 11.5. The van der Waals surface area contributed by atoms with Crippen LogP contribution in [0.25, 0.3) is 11.4 Å². The topological polar surface area (TPSA) is 56.7 Å². The molecule has 0 amide bonds. The molecule has 94 valence electrons. The minimum atomic E-state index is 0.760. The van der Waals surface area contributed by atoms with Crippen molar-refractivity contribution in [2.45, 2.75) is 6.54 Å². The second-order valence-electron chi connectivity index (χ2n) is 4.36. The van der Waals surface area contributed by atoms with Crippen molar-refractivity contribution >= 4 is 5.69 Å². The lowest BCUT2D eigenvalue weighted by Crippen LogP contribution is -2.01. The quantitative estimate of drug-likeness (QED) is 0.727. The van der Waals surface area contributed by atoms with Crippen LogP contribution in [0.1, 0.15) is 5.56 Å². The van der Waals surface area contributed by atoms with Gasteiger partial charge in [-0.2, -0.15) is 0 Å². The molecule has 0 fully saturated rings. The van der Waals surface area contributed by atoms with Crippen LogP contribution in [0, 0.1) is 0 Å². The first-order valence-electron chi connectivity index (χ1n) is 6.09. The van der Waals surface area contributed by atoms with Gasteiger partial charge in [0, 0.05) is 42.6 Å². The molecule has 19 heavy (non-hydrogen) atoms. The molecular formula is C15H14N4.